The molecule has 0 spiro atoms. The van der Waals surface area contributed by atoms with Crippen LogP contribution in [0.2, 0.25) is 0 Å². The molecule has 4 nitrogen and oxygen atoms in total. The van der Waals surface area contributed by atoms with Gasteiger partial charge in [0, 0.05) is 38.8 Å². The number of hydrogen-bond donors (Lipinski definition) is 1. The molecule has 0 aromatic carbocycles. The van der Waals surface area contributed by atoms with Gasteiger partial charge in [0.2, 0.25) is 0 Å². The molecule has 0 amide bonds. The standard InChI is InChI=1S/C13H27N3O/c1-12(2)15-8-9-17-13(11-15)10-14-16-6-4-3-5-7-16/h12-14H,3-11H2,1-2H3. The van der Waals surface area contributed by atoms with Crippen LogP contribution in [0.15, 0.2) is 0 Å². The number of morpholine rings is 1. The van der Waals surface area contributed by atoms with E-state index in [1.165, 1.54) is 32.4 Å². The molecule has 0 aliphatic carbocycles. The summed E-state index contributed by atoms with van der Waals surface area (Å²) in [6, 6.07) is 0.636. The molecule has 0 aromatic rings. The molecule has 0 bridgehead atoms. The van der Waals surface area contributed by atoms with Crippen LogP contribution < -0.4 is 5.43 Å². The van der Waals surface area contributed by atoms with E-state index < -0.39 is 0 Å². The zero-order valence-corrected chi connectivity index (χ0v) is 11.3. The van der Waals surface area contributed by atoms with Crippen LogP contribution in [0, 0.1) is 0 Å². The van der Waals surface area contributed by atoms with E-state index in [-0.39, 0.29) is 0 Å². The van der Waals surface area contributed by atoms with Gasteiger partial charge in [-0.05, 0) is 26.7 Å². The van der Waals surface area contributed by atoms with Crippen LogP contribution in [0.3, 0.4) is 0 Å². The first kappa shape index (κ1) is 13.3. The minimum atomic E-state index is 0.355. The second-order valence-corrected chi connectivity index (χ2v) is 5.49. The third kappa shape index (κ3) is 4.21. The van der Waals surface area contributed by atoms with E-state index in [0.29, 0.717) is 12.1 Å². The highest BCUT2D eigenvalue weighted by atomic mass is 16.5. The van der Waals surface area contributed by atoms with Crippen LogP contribution in [0.1, 0.15) is 33.1 Å². The smallest absolute Gasteiger partial charge is 0.0840 e. The molecule has 2 rings (SSSR count). The van der Waals surface area contributed by atoms with E-state index in [9.17, 15) is 0 Å². The van der Waals surface area contributed by atoms with Crippen molar-refractivity contribution >= 4 is 0 Å². The number of hydrazine groups is 1. The number of piperidine rings is 1. The normalized spacial score (nSPS) is 28.8. The summed E-state index contributed by atoms with van der Waals surface area (Å²) >= 11 is 0. The predicted octanol–water partition coefficient (Wildman–Crippen LogP) is 1.09. The van der Waals surface area contributed by atoms with Crippen LogP contribution in [-0.2, 0) is 4.74 Å². The summed E-state index contributed by atoms with van der Waals surface area (Å²) in [5.41, 5.74) is 3.53. The van der Waals surface area contributed by atoms with Gasteiger partial charge in [-0.1, -0.05) is 6.42 Å². The van der Waals surface area contributed by atoms with E-state index in [1.54, 1.807) is 0 Å². The van der Waals surface area contributed by atoms with Crippen molar-refractivity contribution in [2.45, 2.75) is 45.3 Å². The average Bonchev–Trinajstić information content (AvgIpc) is 2.38. The number of nitrogens with one attached hydrogen (secondary N) is 1. The van der Waals surface area contributed by atoms with Gasteiger partial charge in [0.15, 0.2) is 0 Å². The zero-order chi connectivity index (χ0) is 12.1. The molecule has 1 atom stereocenters. The quantitative estimate of drug-likeness (QED) is 0.797. The second kappa shape index (κ2) is 6.69. The number of rotatable bonds is 4. The molecule has 2 saturated heterocycles. The summed E-state index contributed by atoms with van der Waals surface area (Å²) in [6.07, 6.45) is 4.40. The van der Waals surface area contributed by atoms with Crippen LogP contribution in [-0.4, -0.2) is 61.4 Å². The molecular weight excluding hydrogens is 214 g/mol. The summed E-state index contributed by atoms with van der Waals surface area (Å²) < 4.78 is 5.82. The van der Waals surface area contributed by atoms with E-state index in [0.717, 1.165) is 26.2 Å². The fraction of sp³-hybridized carbons (Fsp3) is 1.00. The summed E-state index contributed by atoms with van der Waals surface area (Å²) in [4.78, 5) is 2.51. The topological polar surface area (TPSA) is 27.7 Å². The molecule has 4 heteroatoms. The van der Waals surface area contributed by atoms with Crippen molar-refractivity contribution in [2.75, 3.05) is 39.3 Å². The monoisotopic (exact) mass is 241 g/mol. The molecule has 0 saturated carbocycles. The van der Waals surface area contributed by atoms with Crippen molar-refractivity contribution in [1.29, 1.82) is 0 Å². The van der Waals surface area contributed by atoms with Gasteiger partial charge in [-0.3, -0.25) is 10.3 Å². The molecule has 1 unspecified atom stereocenters. The maximum Gasteiger partial charge on any atom is 0.0840 e. The van der Waals surface area contributed by atoms with Crippen molar-refractivity contribution in [1.82, 2.24) is 15.3 Å². The van der Waals surface area contributed by atoms with Crippen LogP contribution in [0.5, 0.6) is 0 Å². The first-order valence-corrected chi connectivity index (χ1v) is 7.10. The highest BCUT2D eigenvalue weighted by Crippen LogP contribution is 2.09. The van der Waals surface area contributed by atoms with Gasteiger partial charge in [0.1, 0.15) is 0 Å². The van der Waals surface area contributed by atoms with Crippen molar-refractivity contribution < 1.29 is 4.74 Å². The maximum absolute atomic E-state index is 5.82. The highest BCUT2D eigenvalue weighted by molar-refractivity contribution is 4.75. The molecule has 2 heterocycles. The summed E-state index contributed by atoms with van der Waals surface area (Å²) in [5, 5.41) is 2.36. The minimum Gasteiger partial charge on any atom is -0.374 e. The Morgan fingerprint density at radius 2 is 1.94 bits per heavy atom. The average molecular weight is 241 g/mol. The molecular formula is C13H27N3O. The Balaban J connectivity index is 1.67. The fourth-order valence-electron chi connectivity index (χ4n) is 2.62. The zero-order valence-electron chi connectivity index (χ0n) is 11.3. The van der Waals surface area contributed by atoms with Gasteiger partial charge in [0.25, 0.3) is 0 Å². The molecule has 2 aliphatic heterocycles. The molecule has 1 N–H and O–H groups in total. The van der Waals surface area contributed by atoms with Crippen molar-refractivity contribution in [3.63, 3.8) is 0 Å². The van der Waals surface area contributed by atoms with Gasteiger partial charge in [-0.2, -0.15) is 0 Å². The SMILES string of the molecule is CC(C)N1CCOC(CNN2CCCCC2)C1. The molecule has 2 fully saturated rings. The third-order valence-electron chi connectivity index (χ3n) is 3.80. The van der Waals surface area contributed by atoms with E-state index in [2.05, 4.69) is 29.2 Å². The lowest BCUT2D eigenvalue weighted by molar-refractivity contribution is -0.0462. The lowest BCUT2D eigenvalue weighted by atomic mass is 10.2. The summed E-state index contributed by atoms with van der Waals surface area (Å²) in [5.74, 6) is 0. The van der Waals surface area contributed by atoms with Gasteiger partial charge >= 0.3 is 0 Å². The van der Waals surface area contributed by atoms with E-state index >= 15 is 0 Å². The van der Waals surface area contributed by atoms with Gasteiger partial charge < -0.3 is 4.74 Å². The second-order valence-electron chi connectivity index (χ2n) is 5.49. The first-order valence-electron chi connectivity index (χ1n) is 7.10. The van der Waals surface area contributed by atoms with E-state index in [1.807, 2.05) is 0 Å². The fourth-order valence-corrected chi connectivity index (χ4v) is 2.62. The Morgan fingerprint density at radius 1 is 1.18 bits per heavy atom. The molecule has 2 aliphatic rings. The predicted molar refractivity (Wildman–Crippen MR) is 69.9 cm³/mol. The molecule has 0 radical (unpaired) electrons. The largest absolute Gasteiger partial charge is 0.374 e. The Bertz CT molecular complexity index is 217. The minimum absolute atomic E-state index is 0.355. The van der Waals surface area contributed by atoms with Crippen LogP contribution in [0.4, 0.5) is 0 Å². The Morgan fingerprint density at radius 3 is 2.65 bits per heavy atom. The number of hydrogen-bond acceptors (Lipinski definition) is 4. The summed E-state index contributed by atoms with van der Waals surface area (Å²) in [6.45, 7) is 10.9. The highest BCUT2D eigenvalue weighted by Gasteiger charge is 2.22. The molecule has 17 heavy (non-hydrogen) atoms. The van der Waals surface area contributed by atoms with Crippen LogP contribution >= 0.6 is 0 Å². The molecule has 100 valence electrons. The van der Waals surface area contributed by atoms with Crippen LogP contribution in [0.25, 0.3) is 0 Å². The Kier molecular flexibility index (Phi) is 5.22. The molecule has 0 aromatic heterocycles. The lowest BCUT2D eigenvalue weighted by Gasteiger charge is -2.37. The van der Waals surface area contributed by atoms with Crippen molar-refractivity contribution in [2.24, 2.45) is 0 Å². The van der Waals surface area contributed by atoms with Crippen molar-refractivity contribution in [3.05, 3.63) is 0 Å². The number of ether oxygens (including phenoxy) is 1. The van der Waals surface area contributed by atoms with Gasteiger partial charge in [-0.25, -0.2) is 5.01 Å². The lowest BCUT2D eigenvalue weighted by Crippen LogP contribution is -2.52. The third-order valence-corrected chi connectivity index (χ3v) is 3.80. The van der Waals surface area contributed by atoms with Crippen molar-refractivity contribution in [3.8, 4) is 0 Å². The summed E-state index contributed by atoms with van der Waals surface area (Å²) in [7, 11) is 0. The number of nitrogens with zero attached hydrogens (tertiary/aromatic N) is 2. The Labute approximate surface area is 105 Å². The first-order chi connectivity index (χ1) is 8.25. The van der Waals surface area contributed by atoms with E-state index in [4.69, 9.17) is 4.74 Å². The van der Waals surface area contributed by atoms with Gasteiger partial charge in [0.05, 0.1) is 12.7 Å². The van der Waals surface area contributed by atoms with Gasteiger partial charge in [-0.15, -0.1) is 0 Å². The Hall–Kier alpha value is -0.160. The maximum atomic E-state index is 5.82.